The van der Waals surface area contributed by atoms with E-state index in [0.717, 1.165) is 16.5 Å². The van der Waals surface area contributed by atoms with Gasteiger partial charge in [0.2, 0.25) is 11.8 Å². The number of aryl methyl sites for hydroxylation is 1. The first-order chi connectivity index (χ1) is 19.7. The lowest BCUT2D eigenvalue weighted by Crippen LogP contribution is -2.60. The van der Waals surface area contributed by atoms with Gasteiger partial charge in [-0.1, -0.05) is 58.9 Å². The quantitative estimate of drug-likeness (QED) is 0.347. The number of carbonyl (C=O) groups is 4. The van der Waals surface area contributed by atoms with Gasteiger partial charge in [0.05, 0.1) is 6.04 Å². The minimum atomic E-state index is -1.06. The maximum atomic E-state index is 14.3. The zero-order valence-electron chi connectivity index (χ0n) is 27.8. The molecule has 0 aliphatic heterocycles. The van der Waals surface area contributed by atoms with Crippen molar-refractivity contribution in [2.75, 3.05) is 14.1 Å². The van der Waals surface area contributed by atoms with Crippen LogP contribution in [0.2, 0.25) is 0 Å². The molecule has 0 bridgehead atoms. The SMILES string of the molecule is CC[C@H](NC(=O)[C@@H](N(C)C(=O)OC(C)(C)C)C(C)(C)c1cn(C)c2ccccc12)C(=O)N(C)[C@H](/C=C(\C)C(=O)O)C(C)C. The van der Waals surface area contributed by atoms with E-state index in [1.165, 1.54) is 23.8 Å². The number of benzene rings is 1. The predicted molar refractivity (Wildman–Crippen MR) is 169 cm³/mol. The second-order valence-corrected chi connectivity index (χ2v) is 13.2. The molecule has 2 aromatic rings. The van der Waals surface area contributed by atoms with Gasteiger partial charge in [-0.2, -0.15) is 0 Å². The van der Waals surface area contributed by atoms with Gasteiger partial charge >= 0.3 is 12.1 Å². The van der Waals surface area contributed by atoms with Gasteiger partial charge in [-0.05, 0) is 51.7 Å². The fourth-order valence-corrected chi connectivity index (χ4v) is 5.49. The summed E-state index contributed by atoms with van der Waals surface area (Å²) in [7, 11) is 5.08. The number of fused-ring (bicyclic) bond motifs is 1. The van der Waals surface area contributed by atoms with Crippen LogP contribution in [0.15, 0.2) is 42.1 Å². The van der Waals surface area contributed by atoms with Crippen LogP contribution in [0.5, 0.6) is 0 Å². The maximum Gasteiger partial charge on any atom is 0.410 e. The summed E-state index contributed by atoms with van der Waals surface area (Å²) in [5.41, 5.74) is 0.287. The average molecular weight is 599 g/mol. The molecule has 0 saturated heterocycles. The lowest BCUT2D eigenvalue weighted by atomic mass is 9.76. The van der Waals surface area contributed by atoms with E-state index in [9.17, 15) is 24.3 Å². The van der Waals surface area contributed by atoms with E-state index in [0.29, 0.717) is 6.42 Å². The largest absolute Gasteiger partial charge is 0.478 e. The average Bonchev–Trinajstić information content (AvgIpc) is 3.25. The van der Waals surface area contributed by atoms with Gasteiger partial charge in [0, 0.05) is 49.2 Å². The molecular formula is C33H50N4O6. The lowest BCUT2D eigenvalue weighted by molar-refractivity contribution is -0.139. The normalized spacial score (nSPS) is 14.7. The van der Waals surface area contributed by atoms with E-state index in [1.54, 1.807) is 40.8 Å². The first kappa shape index (κ1) is 35.4. The number of carboxylic acids is 1. The number of nitrogens with zero attached hydrogens (tertiary/aromatic N) is 3. The molecule has 0 saturated carbocycles. The Morgan fingerprint density at radius 2 is 1.63 bits per heavy atom. The van der Waals surface area contributed by atoms with Crippen molar-refractivity contribution < 1.29 is 29.0 Å². The van der Waals surface area contributed by atoms with E-state index in [4.69, 9.17) is 4.74 Å². The van der Waals surface area contributed by atoms with Crippen LogP contribution >= 0.6 is 0 Å². The van der Waals surface area contributed by atoms with Gasteiger partial charge in [0.25, 0.3) is 0 Å². The fraction of sp³-hybridized carbons (Fsp3) is 0.576. The molecule has 1 aromatic heterocycles. The molecule has 2 rings (SSSR count). The number of hydrogen-bond donors (Lipinski definition) is 2. The highest BCUT2D eigenvalue weighted by molar-refractivity contribution is 5.94. The summed E-state index contributed by atoms with van der Waals surface area (Å²) in [6.07, 6.45) is 3.15. The molecule has 43 heavy (non-hydrogen) atoms. The molecule has 238 valence electrons. The highest BCUT2D eigenvalue weighted by Crippen LogP contribution is 2.37. The summed E-state index contributed by atoms with van der Waals surface area (Å²) >= 11 is 0. The minimum absolute atomic E-state index is 0.0761. The van der Waals surface area contributed by atoms with Gasteiger partial charge in [0.1, 0.15) is 17.7 Å². The minimum Gasteiger partial charge on any atom is -0.478 e. The van der Waals surface area contributed by atoms with Crippen molar-refractivity contribution in [3.05, 3.63) is 47.7 Å². The number of ether oxygens (including phenoxy) is 1. The summed E-state index contributed by atoms with van der Waals surface area (Å²) in [4.78, 5) is 55.6. The first-order valence-corrected chi connectivity index (χ1v) is 14.7. The van der Waals surface area contributed by atoms with Crippen molar-refractivity contribution in [2.24, 2.45) is 13.0 Å². The van der Waals surface area contributed by atoms with Crippen molar-refractivity contribution in [3.63, 3.8) is 0 Å². The first-order valence-electron chi connectivity index (χ1n) is 14.7. The van der Waals surface area contributed by atoms with Crippen LogP contribution in [0.3, 0.4) is 0 Å². The molecule has 10 heteroatoms. The third kappa shape index (κ3) is 8.18. The Hall–Kier alpha value is -3.82. The monoisotopic (exact) mass is 598 g/mol. The molecule has 1 aromatic carbocycles. The molecule has 1 heterocycles. The van der Waals surface area contributed by atoms with E-state index < -0.39 is 47.1 Å². The van der Waals surface area contributed by atoms with Crippen molar-refractivity contribution in [2.45, 2.75) is 97.9 Å². The van der Waals surface area contributed by atoms with Crippen molar-refractivity contribution >= 4 is 34.8 Å². The Bertz CT molecular complexity index is 1370. The number of carboxylic acid groups (broad SMARTS) is 1. The predicted octanol–water partition coefficient (Wildman–Crippen LogP) is 5.10. The van der Waals surface area contributed by atoms with E-state index >= 15 is 0 Å². The van der Waals surface area contributed by atoms with Crippen LogP contribution in [0.25, 0.3) is 10.9 Å². The molecule has 10 nitrogen and oxygen atoms in total. The van der Waals surface area contributed by atoms with Gasteiger partial charge in [-0.3, -0.25) is 14.5 Å². The van der Waals surface area contributed by atoms with Gasteiger partial charge < -0.3 is 24.6 Å². The highest BCUT2D eigenvalue weighted by atomic mass is 16.6. The number of nitrogens with one attached hydrogen (secondary N) is 1. The van der Waals surface area contributed by atoms with Crippen molar-refractivity contribution in [1.29, 1.82) is 0 Å². The summed E-state index contributed by atoms with van der Waals surface area (Å²) in [6, 6.07) is 5.41. The Labute approximate surface area is 256 Å². The molecule has 0 spiro atoms. The van der Waals surface area contributed by atoms with Gasteiger partial charge in [-0.15, -0.1) is 0 Å². The second-order valence-electron chi connectivity index (χ2n) is 13.2. The summed E-state index contributed by atoms with van der Waals surface area (Å²) < 4.78 is 7.64. The Kier molecular flexibility index (Phi) is 11.2. The van der Waals surface area contributed by atoms with Crippen LogP contribution in [-0.2, 0) is 31.6 Å². The number of aliphatic carboxylic acids is 1. The topological polar surface area (TPSA) is 121 Å². The summed E-state index contributed by atoms with van der Waals surface area (Å²) in [5.74, 6) is -1.99. The number of hydrogen-bond acceptors (Lipinski definition) is 5. The molecule has 3 atom stereocenters. The van der Waals surface area contributed by atoms with Crippen molar-refractivity contribution in [3.8, 4) is 0 Å². The third-order valence-corrected chi connectivity index (χ3v) is 7.85. The van der Waals surface area contributed by atoms with Crippen LogP contribution < -0.4 is 5.32 Å². The Morgan fingerprint density at radius 1 is 1.05 bits per heavy atom. The molecule has 0 aliphatic rings. The van der Waals surface area contributed by atoms with E-state index in [1.807, 2.05) is 69.8 Å². The smallest absolute Gasteiger partial charge is 0.410 e. The lowest BCUT2D eigenvalue weighted by Gasteiger charge is -2.40. The molecule has 3 amide bonds. The molecule has 0 fully saturated rings. The number of para-hydroxylation sites is 1. The summed E-state index contributed by atoms with van der Waals surface area (Å²) in [5, 5.41) is 13.3. The second kappa shape index (κ2) is 13.7. The zero-order chi connectivity index (χ0) is 33.0. The standard InChI is InChI=1S/C33H50N4O6/c1-13-24(29(39)36(11)26(20(2)3)18-21(4)30(40)41)34-28(38)27(37(12)31(42)43-32(5,6)7)33(8,9)23-19-35(10)25-17-15-14-16-22(23)25/h14-20,24,26-27H,13H2,1-12H3,(H,34,38)(H,40,41)/b21-18+/t24-,26+,27+/m0/s1. The van der Waals surface area contributed by atoms with Crippen molar-refractivity contribution in [1.82, 2.24) is 19.7 Å². The number of carbonyl (C=O) groups excluding carboxylic acids is 3. The van der Waals surface area contributed by atoms with E-state index in [-0.39, 0.29) is 17.4 Å². The molecule has 0 unspecified atom stereocenters. The molecule has 0 aliphatic carbocycles. The van der Waals surface area contributed by atoms with Crippen LogP contribution in [-0.4, -0.2) is 81.2 Å². The molecular weight excluding hydrogens is 548 g/mol. The van der Waals surface area contributed by atoms with Crippen LogP contribution in [0.4, 0.5) is 4.79 Å². The summed E-state index contributed by atoms with van der Waals surface area (Å²) in [6.45, 7) is 16.2. The van der Waals surface area contributed by atoms with E-state index in [2.05, 4.69) is 5.32 Å². The van der Waals surface area contributed by atoms with Gasteiger partial charge in [-0.25, -0.2) is 9.59 Å². The molecule has 2 N–H and O–H groups in total. The highest BCUT2D eigenvalue weighted by Gasteiger charge is 2.45. The number of likely N-dealkylation sites (N-methyl/N-ethyl adjacent to an activating group) is 2. The number of amides is 3. The van der Waals surface area contributed by atoms with Crippen LogP contribution in [0.1, 0.15) is 74.3 Å². The molecule has 0 radical (unpaired) electrons. The van der Waals surface area contributed by atoms with Crippen LogP contribution in [0, 0.1) is 5.92 Å². The number of aromatic nitrogens is 1. The van der Waals surface area contributed by atoms with Gasteiger partial charge in [0.15, 0.2) is 0 Å². The zero-order valence-corrected chi connectivity index (χ0v) is 27.8. The maximum absolute atomic E-state index is 14.3. The Morgan fingerprint density at radius 3 is 2.14 bits per heavy atom. The fourth-order valence-electron chi connectivity index (χ4n) is 5.49. The third-order valence-electron chi connectivity index (χ3n) is 7.85. The number of rotatable bonds is 11. The Balaban J connectivity index is 2.55.